The molecule has 5 nitrogen and oxygen atoms in total. The first-order valence-corrected chi connectivity index (χ1v) is 5.64. The van der Waals surface area contributed by atoms with E-state index in [9.17, 15) is 9.59 Å². The molecule has 0 fully saturated rings. The van der Waals surface area contributed by atoms with E-state index in [-0.39, 0.29) is 12.5 Å². The fourth-order valence-corrected chi connectivity index (χ4v) is 1.37. The number of urea groups is 1. The molecular formula is C12H20N2O3. The zero-order chi connectivity index (χ0) is 13.4. The summed E-state index contributed by atoms with van der Waals surface area (Å²) in [7, 11) is 0. The van der Waals surface area contributed by atoms with Gasteiger partial charge in [-0.25, -0.2) is 9.59 Å². The van der Waals surface area contributed by atoms with Crippen molar-refractivity contribution >= 4 is 12.0 Å². The number of carboxylic acid groups (broad SMARTS) is 1. The quantitative estimate of drug-likeness (QED) is 0.684. The highest BCUT2D eigenvalue weighted by molar-refractivity contribution is 5.82. The first-order chi connectivity index (χ1) is 7.92. The number of nitrogens with zero attached hydrogens (tertiary/aromatic N) is 1. The predicted octanol–water partition coefficient (Wildman–Crippen LogP) is 1.15. The first-order valence-electron chi connectivity index (χ1n) is 5.64. The van der Waals surface area contributed by atoms with Gasteiger partial charge in [-0.2, -0.15) is 0 Å². The molecule has 0 rings (SSSR count). The van der Waals surface area contributed by atoms with Crippen molar-refractivity contribution in [3.05, 3.63) is 0 Å². The Kier molecular flexibility index (Phi) is 6.80. The monoisotopic (exact) mass is 240 g/mol. The van der Waals surface area contributed by atoms with Gasteiger partial charge in [-0.1, -0.05) is 19.8 Å². The highest BCUT2D eigenvalue weighted by Crippen LogP contribution is 2.05. The van der Waals surface area contributed by atoms with Gasteiger partial charge in [-0.05, 0) is 19.3 Å². The van der Waals surface area contributed by atoms with Gasteiger partial charge in [-0.15, -0.1) is 6.42 Å². The van der Waals surface area contributed by atoms with E-state index in [0.29, 0.717) is 13.0 Å². The average Bonchev–Trinajstić information content (AvgIpc) is 2.23. The Morgan fingerprint density at radius 1 is 1.47 bits per heavy atom. The lowest BCUT2D eigenvalue weighted by Gasteiger charge is -2.22. The van der Waals surface area contributed by atoms with Crippen LogP contribution in [0.15, 0.2) is 0 Å². The van der Waals surface area contributed by atoms with Crippen LogP contribution in [0.3, 0.4) is 0 Å². The molecule has 0 aromatic heterocycles. The third kappa shape index (κ3) is 5.81. The minimum Gasteiger partial charge on any atom is -0.480 e. The molecule has 0 heterocycles. The van der Waals surface area contributed by atoms with Gasteiger partial charge in [0.15, 0.2) is 0 Å². The van der Waals surface area contributed by atoms with Crippen LogP contribution in [0.5, 0.6) is 0 Å². The maximum Gasteiger partial charge on any atom is 0.326 e. The van der Waals surface area contributed by atoms with Crippen LogP contribution < -0.4 is 5.32 Å². The fraction of sp³-hybridized carbons (Fsp3) is 0.667. The van der Waals surface area contributed by atoms with Crippen LogP contribution in [0.1, 0.15) is 27.2 Å². The number of aliphatic carboxylic acids is 1. The normalized spacial score (nSPS) is 11.7. The van der Waals surface area contributed by atoms with Gasteiger partial charge in [-0.3, -0.25) is 0 Å². The van der Waals surface area contributed by atoms with Crippen molar-refractivity contribution in [2.24, 2.45) is 5.92 Å². The minimum absolute atomic E-state index is 0.177. The van der Waals surface area contributed by atoms with E-state index in [1.54, 1.807) is 6.92 Å². The second-order valence-corrected chi connectivity index (χ2v) is 4.19. The summed E-state index contributed by atoms with van der Waals surface area (Å²) in [6.07, 6.45) is 5.52. The third-order valence-electron chi connectivity index (χ3n) is 2.25. The predicted molar refractivity (Wildman–Crippen MR) is 65.5 cm³/mol. The minimum atomic E-state index is -1.02. The van der Waals surface area contributed by atoms with E-state index in [2.05, 4.69) is 11.2 Å². The Labute approximate surface area is 102 Å². The Morgan fingerprint density at radius 3 is 2.41 bits per heavy atom. The second-order valence-electron chi connectivity index (χ2n) is 4.19. The van der Waals surface area contributed by atoms with Crippen molar-refractivity contribution in [2.75, 3.05) is 13.1 Å². The Hall–Kier alpha value is -1.70. The van der Waals surface area contributed by atoms with Gasteiger partial charge in [0.2, 0.25) is 0 Å². The van der Waals surface area contributed by atoms with Gasteiger partial charge in [0.1, 0.15) is 6.04 Å². The Bertz CT molecular complexity index is 307. The van der Waals surface area contributed by atoms with Crippen molar-refractivity contribution in [2.45, 2.75) is 33.2 Å². The molecule has 2 N–H and O–H groups in total. The molecule has 0 aromatic carbocycles. The standard InChI is InChI=1S/C12H20N2O3/c1-5-7-14(6-2)12(17)13-10(11(15)16)8-9(3)4/h1,9-10H,6-8H2,2-4H3,(H,13,17)(H,15,16)/t10-/m1/s1. The zero-order valence-corrected chi connectivity index (χ0v) is 10.6. The molecule has 0 aromatic rings. The summed E-state index contributed by atoms with van der Waals surface area (Å²) in [4.78, 5) is 24.1. The molecule has 0 saturated heterocycles. The van der Waals surface area contributed by atoms with Crippen LogP contribution in [0.2, 0.25) is 0 Å². The molecule has 2 amide bonds. The lowest BCUT2D eigenvalue weighted by atomic mass is 10.0. The van der Waals surface area contributed by atoms with Gasteiger partial charge in [0.25, 0.3) is 0 Å². The number of hydrogen-bond donors (Lipinski definition) is 2. The number of carboxylic acids is 1. The van der Waals surface area contributed by atoms with Crippen LogP contribution in [-0.4, -0.2) is 41.1 Å². The lowest BCUT2D eigenvalue weighted by molar-refractivity contribution is -0.139. The summed E-state index contributed by atoms with van der Waals surface area (Å²) in [5, 5.41) is 11.5. The summed E-state index contributed by atoms with van der Waals surface area (Å²) in [5.74, 6) is 1.53. The summed E-state index contributed by atoms with van der Waals surface area (Å²) >= 11 is 0. The molecule has 17 heavy (non-hydrogen) atoms. The average molecular weight is 240 g/mol. The van der Waals surface area contributed by atoms with E-state index in [1.165, 1.54) is 4.90 Å². The SMILES string of the molecule is C#CCN(CC)C(=O)N[C@H](CC(C)C)C(=O)O. The van der Waals surface area contributed by atoms with Gasteiger partial charge in [0, 0.05) is 6.54 Å². The van der Waals surface area contributed by atoms with Gasteiger partial charge in [0.05, 0.1) is 6.54 Å². The maximum absolute atomic E-state index is 11.7. The molecule has 5 heteroatoms. The number of amides is 2. The molecule has 0 aliphatic rings. The molecule has 0 radical (unpaired) electrons. The van der Waals surface area contributed by atoms with Crippen molar-refractivity contribution in [3.8, 4) is 12.3 Å². The smallest absolute Gasteiger partial charge is 0.326 e. The van der Waals surface area contributed by atoms with Gasteiger partial charge < -0.3 is 15.3 Å². The fourth-order valence-electron chi connectivity index (χ4n) is 1.37. The third-order valence-corrected chi connectivity index (χ3v) is 2.25. The number of terminal acetylenes is 1. The summed E-state index contributed by atoms with van der Waals surface area (Å²) in [6.45, 7) is 6.22. The number of carbonyl (C=O) groups is 2. The van der Waals surface area contributed by atoms with Crippen molar-refractivity contribution in [1.29, 1.82) is 0 Å². The molecule has 0 spiro atoms. The van der Waals surface area contributed by atoms with Crippen molar-refractivity contribution in [3.63, 3.8) is 0 Å². The molecule has 1 atom stereocenters. The second kappa shape index (κ2) is 7.55. The number of nitrogens with one attached hydrogen (secondary N) is 1. The van der Waals surface area contributed by atoms with Crippen LogP contribution >= 0.6 is 0 Å². The highest BCUT2D eigenvalue weighted by Gasteiger charge is 2.22. The zero-order valence-electron chi connectivity index (χ0n) is 10.6. The van der Waals surface area contributed by atoms with E-state index in [0.717, 1.165) is 0 Å². The maximum atomic E-state index is 11.7. The van der Waals surface area contributed by atoms with Crippen LogP contribution in [0.25, 0.3) is 0 Å². The molecule has 0 saturated carbocycles. The lowest BCUT2D eigenvalue weighted by Crippen LogP contribution is -2.48. The first kappa shape index (κ1) is 15.3. The summed E-state index contributed by atoms with van der Waals surface area (Å²) in [5.41, 5.74) is 0. The largest absolute Gasteiger partial charge is 0.480 e. The summed E-state index contributed by atoms with van der Waals surface area (Å²) < 4.78 is 0. The van der Waals surface area contributed by atoms with E-state index >= 15 is 0 Å². The topological polar surface area (TPSA) is 69.6 Å². The van der Waals surface area contributed by atoms with Crippen molar-refractivity contribution in [1.82, 2.24) is 10.2 Å². The molecule has 0 aliphatic carbocycles. The summed E-state index contributed by atoms with van der Waals surface area (Å²) in [6, 6.07) is -1.30. The molecule has 0 aliphatic heterocycles. The van der Waals surface area contributed by atoms with Crippen LogP contribution in [0, 0.1) is 18.3 Å². The molecule has 0 bridgehead atoms. The number of rotatable bonds is 6. The molecule has 0 unspecified atom stereocenters. The Morgan fingerprint density at radius 2 is 2.06 bits per heavy atom. The molecule has 96 valence electrons. The number of hydrogen-bond acceptors (Lipinski definition) is 2. The molecular weight excluding hydrogens is 220 g/mol. The van der Waals surface area contributed by atoms with Gasteiger partial charge >= 0.3 is 12.0 Å². The van der Waals surface area contributed by atoms with Crippen LogP contribution in [0.4, 0.5) is 4.79 Å². The van der Waals surface area contributed by atoms with Crippen molar-refractivity contribution < 1.29 is 14.7 Å². The Balaban J connectivity index is 4.49. The highest BCUT2D eigenvalue weighted by atomic mass is 16.4. The number of carbonyl (C=O) groups excluding carboxylic acids is 1. The van der Waals surface area contributed by atoms with Crippen LogP contribution in [-0.2, 0) is 4.79 Å². The van der Waals surface area contributed by atoms with E-state index in [1.807, 2.05) is 13.8 Å². The van der Waals surface area contributed by atoms with E-state index in [4.69, 9.17) is 11.5 Å². The van der Waals surface area contributed by atoms with E-state index < -0.39 is 18.0 Å².